The lowest BCUT2D eigenvalue weighted by Gasteiger charge is -2.40. The minimum Gasteiger partial charge on any atom is -0.326 e. The van der Waals surface area contributed by atoms with Crippen LogP contribution in [0.25, 0.3) is 0 Å². The molecule has 0 aromatic heterocycles. The molecule has 18 heavy (non-hydrogen) atoms. The second-order valence-corrected chi connectivity index (χ2v) is 7.18. The molecule has 2 N–H and O–H groups in total. The first-order valence-corrected chi connectivity index (χ1v) is 7.84. The first-order chi connectivity index (χ1) is 8.33. The highest BCUT2D eigenvalue weighted by Crippen LogP contribution is 2.39. The van der Waals surface area contributed by atoms with E-state index in [9.17, 15) is 0 Å². The van der Waals surface area contributed by atoms with E-state index in [1.807, 2.05) is 0 Å². The van der Waals surface area contributed by atoms with Crippen molar-refractivity contribution in [2.45, 2.75) is 85.4 Å². The smallest absolute Gasteiger partial charge is 0.0255 e. The van der Waals surface area contributed by atoms with Gasteiger partial charge < -0.3 is 5.73 Å². The summed E-state index contributed by atoms with van der Waals surface area (Å²) < 4.78 is 0. The molecule has 1 rings (SSSR count). The fraction of sp³-hybridized carbons (Fsp3) is 1.00. The fourth-order valence-electron chi connectivity index (χ4n) is 3.49. The summed E-state index contributed by atoms with van der Waals surface area (Å²) in [7, 11) is 0. The molecule has 0 heterocycles. The Morgan fingerprint density at radius 2 is 1.78 bits per heavy atom. The summed E-state index contributed by atoms with van der Waals surface area (Å²) in [5.74, 6) is 0.724. The molecule has 1 fully saturated rings. The van der Waals surface area contributed by atoms with Crippen LogP contribution in [0.15, 0.2) is 0 Å². The van der Waals surface area contributed by atoms with E-state index in [0.717, 1.165) is 5.92 Å². The second-order valence-electron chi connectivity index (χ2n) is 7.18. The number of rotatable bonds is 6. The molecule has 0 aromatic rings. The second kappa shape index (κ2) is 6.38. The van der Waals surface area contributed by atoms with E-state index in [-0.39, 0.29) is 0 Å². The van der Waals surface area contributed by atoms with Crippen LogP contribution in [0.2, 0.25) is 0 Å². The summed E-state index contributed by atoms with van der Waals surface area (Å²) in [5, 5.41) is 0. The molecule has 2 nitrogen and oxygen atoms in total. The Balaban J connectivity index is 2.83. The molecule has 2 atom stereocenters. The third kappa shape index (κ3) is 3.48. The van der Waals surface area contributed by atoms with Gasteiger partial charge in [-0.15, -0.1) is 0 Å². The highest BCUT2D eigenvalue weighted by molar-refractivity contribution is 5.00. The molecule has 2 unspecified atom stereocenters. The van der Waals surface area contributed by atoms with Crippen LogP contribution in [-0.2, 0) is 0 Å². The van der Waals surface area contributed by atoms with Crippen molar-refractivity contribution in [2.24, 2.45) is 17.1 Å². The quantitative estimate of drug-likeness (QED) is 0.784. The molecule has 0 spiro atoms. The first kappa shape index (κ1) is 16.0. The highest BCUT2D eigenvalue weighted by atomic mass is 15.2. The maximum atomic E-state index is 6.54. The van der Waals surface area contributed by atoms with Crippen LogP contribution >= 0.6 is 0 Å². The topological polar surface area (TPSA) is 29.3 Å². The normalized spacial score (nSPS) is 27.7. The van der Waals surface area contributed by atoms with E-state index in [4.69, 9.17) is 5.73 Å². The third-order valence-electron chi connectivity index (χ3n) is 4.81. The zero-order chi connectivity index (χ0) is 13.9. The molecule has 2 heteroatoms. The predicted molar refractivity (Wildman–Crippen MR) is 80.7 cm³/mol. The van der Waals surface area contributed by atoms with Crippen molar-refractivity contribution in [1.82, 2.24) is 4.90 Å². The van der Waals surface area contributed by atoms with Crippen molar-refractivity contribution in [3.05, 3.63) is 0 Å². The zero-order valence-electron chi connectivity index (χ0n) is 13.4. The molecule has 108 valence electrons. The van der Waals surface area contributed by atoms with Crippen molar-refractivity contribution >= 4 is 0 Å². The van der Waals surface area contributed by atoms with Gasteiger partial charge in [0.2, 0.25) is 0 Å². The standard InChI is InChI=1S/C16H34N2/c1-7-13(8-2)18(11-12(3)4)14-9-10-16(5,6)15(14)17/h12-15H,7-11,17H2,1-6H3. The molecule has 0 amide bonds. The lowest BCUT2D eigenvalue weighted by atomic mass is 9.86. The van der Waals surface area contributed by atoms with Gasteiger partial charge in [0, 0.05) is 24.7 Å². The number of hydrogen-bond donors (Lipinski definition) is 1. The van der Waals surface area contributed by atoms with Gasteiger partial charge in [0.25, 0.3) is 0 Å². The van der Waals surface area contributed by atoms with Gasteiger partial charge in [-0.25, -0.2) is 0 Å². The van der Waals surface area contributed by atoms with E-state index in [1.54, 1.807) is 0 Å². The molecule has 0 bridgehead atoms. The van der Waals surface area contributed by atoms with Crippen LogP contribution in [0.3, 0.4) is 0 Å². The summed E-state index contributed by atoms with van der Waals surface area (Å²) in [4.78, 5) is 2.73. The van der Waals surface area contributed by atoms with E-state index < -0.39 is 0 Å². The summed E-state index contributed by atoms with van der Waals surface area (Å²) in [6, 6.07) is 1.63. The van der Waals surface area contributed by atoms with Gasteiger partial charge >= 0.3 is 0 Å². The minimum absolute atomic E-state index is 0.311. The Labute approximate surface area is 114 Å². The number of hydrogen-bond acceptors (Lipinski definition) is 2. The SMILES string of the molecule is CCC(CC)N(CC(C)C)C1CCC(C)(C)C1N. The summed E-state index contributed by atoms with van der Waals surface area (Å²) in [6.45, 7) is 15.1. The number of nitrogens with two attached hydrogens (primary N) is 1. The van der Waals surface area contributed by atoms with E-state index >= 15 is 0 Å². The van der Waals surface area contributed by atoms with Crippen molar-refractivity contribution < 1.29 is 0 Å². The van der Waals surface area contributed by atoms with Gasteiger partial charge in [0.15, 0.2) is 0 Å². The van der Waals surface area contributed by atoms with Gasteiger partial charge in [-0.1, -0.05) is 41.5 Å². The van der Waals surface area contributed by atoms with Gasteiger partial charge in [-0.3, -0.25) is 4.90 Å². The lowest BCUT2D eigenvalue weighted by molar-refractivity contribution is 0.0921. The van der Waals surface area contributed by atoms with E-state index in [2.05, 4.69) is 46.4 Å². The van der Waals surface area contributed by atoms with Crippen molar-refractivity contribution in [3.8, 4) is 0 Å². The molecule has 0 saturated heterocycles. The lowest BCUT2D eigenvalue weighted by Crippen LogP contribution is -2.53. The molecule has 0 radical (unpaired) electrons. The van der Waals surface area contributed by atoms with Crippen LogP contribution in [-0.4, -0.2) is 29.6 Å². The molecular formula is C16H34N2. The Morgan fingerprint density at radius 1 is 1.22 bits per heavy atom. The Morgan fingerprint density at radius 3 is 2.11 bits per heavy atom. The van der Waals surface area contributed by atoms with Gasteiger partial charge in [0.1, 0.15) is 0 Å². The molecule has 0 aliphatic heterocycles. The monoisotopic (exact) mass is 254 g/mol. The van der Waals surface area contributed by atoms with Crippen LogP contribution < -0.4 is 5.73 Å². The molecule has 1 aliphatic carbocycles. The summed E-state index contributed by atoms with van der Waals surface area (Å²) >= 11 is 0. The van der Waals surface area contributed by atoms with Crippen LogP contribution in [0.5, 0.6) is 0 Å². The van der Waals surface area contributed by atoms with Gasteiger partial charge in [-0.05, 0) is 37.0 Å². The molecule has 0 aromatic carbocycles. The molecule has 1 aliphatic rings. The average Bonchev–Trinajstić information content (AvgIpc) is 2.54. The summed E-state index contributed by atoms with van der Waals surface area (Å²) in [5.41, 5.74) is 6.85. The maximum absolute atomic E-state index is 6.54. The fourth-order valence-corrected chi connectivity index (χ4v) is 3.49. The largest absolute Gasteiger partial charge is 0.326 e. The average molecular weight is 254 g/mol. The van der Waals surface area contributed by atoms with E-state index in [0.29, 0.717) is 23.5 Å². The van der Waals surface area contributed by atoms with Crippen LogP contribution in [0.4, 0.5) is 0 Å². The highest BCUT2D eigenvalue weighted by Gasteiger charge is 2.43. The van der Waals surface area contributed by atoms with E-state index in [1.165, 1.54) is 32.2 Å². The van der Waals surface area contributed by atoms with Crippen molar-refractivity contribution in [1.29, 1.82) is 0 Å². The Bertz CT molecular complexity index is 243. The minimum atomic E-state index is 0.311. The molecular weight excluding hydrogens is 220 g/mol. The third-order valence-corrected chi connectivity index (χ3v) is 4.81. The molecule has 1 saturated carbocycles. The van der Waals surface area contributed by atoms with Crippen molar-refractivity contribution in [2.75, 3.05) is 6.54 Å². The van der Waals surface area contributed by atoms with Gasteiger partial charge in [-0.2, -0.15) is 0 Å². The van der Waals surface area contributed by atoms with Crippen molar-refractivity contribution in [3.63, 3.8) is 0 Å². The predicted octanol–water partition coefficient (Wildman–Crippen LogP) is 3.65. The summed E-state index contributed by atoms with van der Waals surface area (Å²) in [6.07, 6.45) is 5.03. The zero-order valence-corrected chi connectivity index (χ0v) is 13.4. The maximum Gasteiger partial charge on any atom is 0.0255 e. The number of nitrogens with zero attached hydrogens (tertiary/aromatic N) is 1. The van der Waals surface area contributed by atoms with Crippen LogP contribution in [0.1, 0.15) is 67.2 Å². The first-order valence-electron chi connectivity index (χ1n) is 7.84. The van der Waals surface area contributed by atoms with Gasteiger partial charge in [0.05, 0.1) is 0 Å². The Hall–Kier alpha value is -0.0800. The Kier molecular flexibility index (Phi) is 5.67. The van der Waals surface area contributed by atoms with Crippen LogP contribution in [0, 0.1) is 11.3 Å².